The summed E-state index contributed by atoms with van der Waals surface area (Å²) in [4.78, 5) is 0. The van der Waals surface area contributed by atoms with Crippen LogP contribution in [0.4, 0.5) is 0 Å². The lowest BCUT2D eigenvalue weighted by Crippen LogP contribution is -2.22. The van der Waals surface area contributed by atoms with E-state index in [0.717, 1.165) is 24.5 Å². The number of aryl methyl sites for hydroxylation is 1. The monoisotopic (exact) mass is 165 g/mol. The number of nitrogens with two attached hydrogens (primary N) is 1. The smallest absolute Gasteiger partial charge is 0.103 e. The Morgan fingerprint density at radius 2 is 2.42 bits per heavy atom. The maximum Gasteiger partial charge on any atom is 0.103 e. The van der Waals surface area contributed by atoms with E-state index in [9.17, 15) is 0 Å². The van der Waals surface area contributed by atoms with E-state index in [4.69, 9.17) is 10.2 Å². The fraction of sp³-hybridized carbons (Fsp3) is 0.600. The van der Waals surface area contributed by atoms with Crippen molar-refractivity contribution in [2.24, 2.45) is 11.7 Å². The Kier molecular flexibility index (Phi) is 2.17. The van der Waals surface area contributed by atoms with Crippen molar-refractivity contribution < 1.29 is 4.42 Å². The number of furan rings is 1. The molecule has 1 saturated carbocycles. The zero-order chi connectivity index (χ0) is 8.39. The third-order valence-electron chi connectivity index (χ3n) is 2.53. The summed E-state index contributed by atoms with van der Waals surface area (Å²) in [5.74, 6) is 1.87. The van der Waals surface area contributed by atoms with Gasteiger partial charge < -0.3 is 10.2 Å². The third-order valence-corrected chi connectivity index (χ3v) is 2.53. The SMILES string of the molecule is N[C@@H](CCc1ccco1)C1CC1. The van der Waals surface area contributed by atoms with Gasteiger partial charge in [0, 0.05) is 12.5 Å². The lowest BCUT2D eigenvalue weighted by atomic mass is 10.1. The molecule has 0 saturated heterocycles. The summed E-state index contributed by atoms with van der Waals surface area (Å²) in [6.07, 6.45) is 6.44. The molecule has 1 aliphatic carbocycles. The van der Waals surface area contributed by atoms with Crippen LogP contribution >= 0.6 is 0 Å². The normalized spacial score (nSPS) is 19.4. The van der Waals surface area contributed by atoms with Crippen molar-refractivity contribution in [1.29, 1.82) is 0 Å². The Morgan fingerprint density at radius 1 is 1.58 bits per heavy atom. The van der Waals surface area contributed by atoms with Crippen molar-refractivity contribution in [2.45, 2.75) is 31.7 Å². The molecular weight excluding hydrogens is 150 g/mol. The molecule has 0 radical (unpaired) electrons. The van der Waals surface area contributed by atoms with Crippen LogP contribution < -0.4 is 5.73 Å². The van der Waals surface area contributed by atoms with Crippen LogP contribution in [-0.2, 0) is 6.42 Å². The van der Waals surface area contributed by atoms with Crippen molar-refractivity contribution in [3.05, 3.63) is 24.2 Å². The largest absolute Gasteiger partial charge is 0.469 e. The number of rotatable bonds is 4. The van der Waals surface area contributed by atoms with Gasteiger partial charge in [0.1, 0.15) is 5.76 Å². The summed E-state index contributed by atoms with van der Waals surface area (Å²) in [6.45, 7) is 0. The molecular formula is C10H15NO. The van der Waals surface area contributed by atoms with Crippen LogP contribution in [0.3, 0.4) is 0 Å². The topological polar surface area (TPSA) is 39.2 Å². The van der Waals surface area contributed by atoms with Crippen LogP contribution in [0, 0.1) is 5.92 Å². The molecule has 0 spiro atoms. The van der Waals surface area contributed by atoms with Gasteiger partial charge in [0.25, 0.3) is 0 Å². The maximum atomic E-state index is 5.95. The first-order valence-electron chi connectivity index (χ1n) is 4.64. The van der Waals surface area contributed by atoms with Crippen LogP contribution in [0.25, 0.3) is 0 Å². The highest BCUT2D eigenvalue weighted by molar-refractivity contribution is 4.99. The van der Waals surface area contributed by atoms with Gasteiger partial charge in [0.2, 0.25) is 0 Å². The molecule has 0 aromatic carbocycles. The van der Waals surface area contributed by atoms with Gasteiger partial charge in [-0.15, -0.1) is 0 Å². The molecule has 0 amide bonds. The van der Waals surface area contributed by atoms with E-state index in [1.807, 2.05) is 12.1 Å². The molecule has 2 rings (SSSR count). The summed E-state index contributed by atoms with van der Waals surface area (Å²) in [5, 5.41) is 0. The van der Waals surface area contributed by atoms with Crippen molar-refractivity contribution >= 4 is 0 Å². The summed E-state index contributed by atoms with van der Waals surface area (Å²) in [7, 11) is 0. The highest BCUT2D eigenvalue weighted by Crippen LogP contribution is 2.33. The molecule has 1 aliphatic rings. The maximum absolute atomic E-state index is 5.95. The molecule has 2 N–H and O–H groups in total. The first-order valence-corrected chi connectivity index (χ1v) is 4.64. The Balaban J connectivity index is 1.74. The summed E-state index contributed by atoms with van der Waals surface area (Å²) < 4.78 is 5.23. The van der Waals surface area contributed by atoms with Gasteiger partial charge in [0.05, 0.1) is 6.26 Å². The predicted molar refractivity (Wildman–Crippen MR) is 47.7 cm³/mol. The van der Waals surface area contributed by atoms with Gasteiger partial charge in [-0.2, -0.15) is 0 Å². The molecule has 0 bridgehead atoms. The second kappa shape index (κ2) is 3.31. The average Bonchev–Trinajstić information content (AvgIpc) is 2.80. The Bertz CT molecular complexity index is 226. The summed E-state index contributed by atoms with van der Waals surface area (Å²) >= 11 is 0. The van der Waals surface area contributed by atoms with Crippen LogP contribution in [-0.4, -0.2) is 6.04 Å². The van der Waals surface area contributed by atoms with E-state index >= 15 is 0 Å². The fourth-order valence-corrected chi connectivity index (χ4v) is 1.52. The number of hydrogen-bond donors (Lipinski definition) is 1. The molecule has 1 aromatic rings. The zero-order valence-corrected chi connectivity index (χ0v) is 7.20. The lowest BCUT2D eigenvalue weighted by molar-refractivity contribution is 0.470. The minimum Gasteiger partial charge on any atom is -0.469 e. The van der Waals surface area contributed by atoms with E-state index in [1.165, 1.54) is 12.8 Å². The van der Waals surface area contributed by atoms with Crippen LogP contribution in [0.5, 0.6) is 0 Å². The summed E-state index contributed by atoms with van der Waals surface area (Å²) in [5.41, 5.74) is 5.95. The van der Waals surface area contributed by atoms with E-state index in [2.05, 4.69) is 0 Å². The van der Waals surface area contributed by atoms with Gasteiger partial charge in [-0.3, -0.25) is 0 Å². The molecule has 2 nitrogen and oxygen atoms in total. The molecule has 1 aromatic heterocycles. The zero-order valence-electron chi connectivity index (χ0n) is 7.20. The van der Waals surface area contributed by atoms with Crippen LogP contribution in [0.2, 0.25) is 0 Å². The molecule has 1 fully saturated rings. The second-order valence-electron chi connectivity index (χ2n) is 3.62. The van der Waals surface area contributed by atoms with Gasteiger partial charge in [-0.25, -0.2) is 0 Å². The Labute approximate surface area is 72.7 Å². The highest BCUT2D eigenvalue weighted by Gasteiger charge is 2.27. The van der Waals surface area contributed by atoms with Gasteiger partial charge in [-0.05, 0) is 37.3 Å². The summed E-state index contributed by atoms with van der Waals surface area (Å²) in [6, 6.07) is 4.34. The molecule has 0 aliphatic heterocycles. The van der Waals surface area contributed by atoms with E-state index in [1.54, 1.807) is 6.26 Å². The fourth-order valence-electron chi connectivity index (χ4n) is 1.52. The van der Waals surface area contributed by atoms with Crippen LogP contribution in [0.15, 0.2) is 22.8 Å². The molecule has 66 valence electrons. The van der Waals surface area contributed by atoms with Crippen LogP contribution in [0.1, 0.15) is 25.0 Å². The first-order chi connectivity index (χ1) is 5.86. The highest BCUT2D eigenvalue weighted by atomic mass is 16.3. The number of hydrogen-bond acceptors (Lipinski definition) is 2. The Morgan fingerprint density at radius 3 is 3.00 bits per heavy atom. The first kappa shape index (κ1) is 7.87. The van der Waals surface area contributed by atoms with E-state index in [-0.39, 0.29) is 0 Å². The molecule has 1 atom stereocenters. The predicted octanol–water partition coefficient (Wildman–Crippen LogP) is 1.95. The minimum atomic E-state index is 0.398. The van der Waals surface area contributed by atoms with E-state index in [0.29, 0.717) is 6.04 Å². The Hall–Kier alpha value is -0.760. The van der Waals surface area contributed by atoms with E-state index < -0.39 is 0 Å². The van der Waals surface area contributed by atoms with Gasteiger partial charge in [0.15, 0.2) is 0 Å². The van der Waals surface area contributed by atoms with Crippen molar-refractivity contribution in [3.63, 3.8) is 0 Å². The molecule has 1 heterocycles. The third kappa shape index (κ3) is 1.89. The molecule has 0 unspecified atom stereocenters. The van der Waals surface area contributed by atoms with Crippen molar-refractivity contribution in [3.8, 4) is 0 Å². The van der Waals surface area contributed by atoms with Gasteiger partial charge >= 0.3 is 0 Å². The minimum absolute atomic E-state index is 0.398. The molecule has 12 heavy (non-hydrogen) atoms. The van der Waals surface area contributed by atoms with Crippen molar-refractivity contribution in [1.82, 2.24) is 0 Å². The quantitative estimate of drug-likeness (QED) is 0.740. The average molecular weight is 165 g/mol. The van der Waals surface area contributed by atoms with Gasteiger partial charge in [-0.1, -0.05) is 0 Å². The van der Waals surface area contributed by atoms with Crippen molar-refractivity contribution in [2.75, 3.05) is 0 Å². The lowest BCUT2D eigenvalue weighted by Gasteiger charge is -2.07. The standard InChI is InChI=1S/C10H15NO/c11-10(8-3-4-8)6-5-9-2-1-7-12-9/h1-2,7-8,10H,3-6,11H2/t10-/m0/s1. The molecule has 2 heteroatoms. The second-order valence-corrected chi connectivity index (χ2v) is 3.62.